The SMILES string of the molecule is COc1ccc(-c2cc(=O)c3c(o2)CC(OC)C=C3O)cc1. The van der Waals surface area contributed by atoms with E-state index in [2.05, 4.69) is 0 Å². The van der Waals surface area contributed by atoms with Gasteiger partial charge >= 0.3 is 0 Å². The molecule has 1 heterocycles. The van der Waals surface area contributed by atoms with Gasteiger partial charge in [0, 0.05) is 25.2 Å². The smallest absolute Gasteiger partial charge is 0.196 e. The number of fused-ring (bicyclic) bond motifs is 1. The second-order valence-corrected chi connectivity index (χ2v) is 5.03. The molecule has 0 bridgehead atoms. The van der Waals surface area contributed by atoms with Crippen LogP contribution in [0.5, 0.6) is 5.75 Å². The van der Waals surface area contributed by atoms with Crippen molar-refractivity contribution >= 4 is 5.76 Å². The molecule has 5 heteroatoms. The Morgan fingerprint density at radius 1 is 1.23 bits per heavy atom. The highest BCUT2D eigenvalue weighted by atomic mass is 16.5. The van der Waals surface area contributed by atoms with Gasteiger partial charge in [-0.2, -0.15) is 0 Å². The van der Waals surface area contributed by atoms with E-state index in [0.717, 1.165) is 11.3 Å². The summed E-state index contributed by atoms with van der Waals surface area (Å²) in [6, 6.07) is 8.61. The maximum absolute atomic E-state index is 12.3. The fourth-order valence-electron chi connectivity index (χ4n) is 2.50. The summed E-state index contributed by atoms with van der Waals surface area (Å²) in [6.45, 7) is 0. The van der Waals surface area contributed by atoms with Gasteiger partial charge in [0.2, 0.25) is 0 Å². The van der Waals surface area contributed by atoms with Crippen molar-refractivity contribution in [3.05, 3.63) is 58.0 Å². The first kappa shape index (κ1) is 14.4. The van der Waals surface area contributed by atoms with Gasteiger partial charge in [-0.25, -0.2) is 0 Å². The van der Waals surface area contributed by atoms with Gasteiger partial charge in [-0.15, -0.1) is 0 Å². The molecule has 114 valence electrons. The molecular formula is C17H16O5. The van der Waals surface area contributed by atoms with E-state index >= 15 is 0 Å². The molecule has 1 aliphatic rings. The summed E-state index contributed by atoms with van der Waals surface area (Å²) < 4.78 is 16.2. The Morgan fingerprint density at radius 3 is 2.59 bits per heavy atom. The standard InChI is InChI=1S/C17H16O5/c1-20-11-5-3-10(4-6-11)15-9-14(19)17-13(18)7-12(21-2)8-16(17)22-15/h3-7,9,12,18H,8H2,1-2H3. The van der Waals surface area contributed by atoms with E-state index in [1.165, 1.54) is 12.1 Å². The van der Waals surface area contributed by atoms with Gasteiger partial charge in [0.05, 0.1) is 13.2 Å². The average Bonchev–Trinajstić information content (AvgIpc) is 2.54. The van der Waals surface area contributed by atoms with E-state index < -0.39 is 0 Å². The molecule has 0 amide bonds. The minimum atomic E-state index is -0.304. The van der Waals surface area contributed by atoms with Crippen LogP contribution in [0.4, 0.5) is 0 Å². The molecule has 2 aromatic rings. The van der Waals surface area contributed by atoms with E-state index in [4.69, 9.17) is 13.9 Å². The zero-order valence-corrected chi connectivity index (χ0v) is 12.3. The highest BCUT2D eigenvalue weighted by Gasteiger charge is 2.24. The van der Waals surface area contributed by atoms with Gasteiger partial charge in [0.1, 0.15) is 28.6 Å². The summed E-state index contributed by atoms with van der Waals surface area (Å²) in [5.74, 6) is 1.52. The van der Waals surface area contributed by atoms with Crippen LogP contribution in [0.15, 0.2) is 45.6 Å². The van der Waals surface area contributed by atoms with E-state index in [1.807, 2.05) is 12.1 Å². The van der Waals surface area contributed by atoms with Crippen LogP contribution in [0.2, 0.25) is 0 Å². The summed E-state index contributed by atoms with van der Waals surface area (Å²) in [4.78, 5) is 12.3. The zero-order valence-electron chi connectivity index (χ0n) is 12.3. The summed E-state index contributed by atoms with van der Waals surface area (Å²) in [7, 11) is 3.14. The fourth-order valence-corrected chi connectivity index (χ4v) is 2.50. The molecule has 1 aromatic carbocycles. The Kier molecular flexibility index (Phi) is 3.73. The molecule has 5 nitrogen and oxygen atoms in total. The van der Waals surface area contributed by atoms with Crippen molar-refractivity contribution in [2.75, 3.05) is 14.2 Å². The normalized spacial score (nSPS) is 16.8. The molecule has 1 unspecified atom stereocenters. The summed E-state index contributed by atoms with van der Waals surface area (Å²) in [5.41, 5.74) is 0.713. The van der Waals surface area contributed by atoms with E-state index in [1.54, 1.807) is 26.4 Å². The minimum absolute atomic E-state index is 0.0943. The predicted octanol–water partition coefficient (Wildman–Crippen LogP) is 2.79. The largest absolute Gasteiger partial charge is 0.507 e. The lowest BCUT2D eigenvalue weighted by molar-refractivity contribution is 0.132. The lowest BCUT2D eigenvalue weighted by atomic mass is 9.99. The van der Waals surface area contributed by atoms with Crippen molar-refractivity contribution in [3.63, 3.8) is 0 Å². The Balaban J connectivity index is 2.07. The second kappa shape index (κ2) is 5.69. The maximum atomic E-state index is 12.3. The van der Waals surface area contributed by atoms with Crippen molar-refractivity contribution in [2.45, 2.75) is 12.5 Å². The van der Waals surface area contributed by atoms with Crippen LogP contribution in [-0.2, 0) is 11.2 Å². The quantitative estimate of drug-likeness (QED) is 0.944. The number of ether oxygens (including phenoxy) is 2. The van der Waals surface area contributed by atoms with Crippen LogP contribution in [0.1, 0.15) is 11.3 Å². The molecular weight excluding hydrogens is 284 g/mol. The van der Waals surface area contributed by atoms with Gasteiger partial charge in [0.15, 0.2) is 5.43 Å². The summed E-state index contributed by atoms with van der Waals surface area (Å²) in [5, 5.41) is 9.98. The van der Waals surface area contributed by atoms with E-state index in [0.29, 0.717) is 17.9 Å². The lowest BCUT2D eigenvalue weighted by Gasteiger charge is -2.19. The number of benzene rings is 1. The molecule has 22 heavy (non-hydrogen) atoms. The molecule has 0 saturated heterocycles. The molecule has 3 rings (SSSR count). The molecule has 1 atom stereocenters. The van der Waals surface area contributed by atoms with Gasteiger partial charge in [-0.1, -0.05) is 0 Å². The molecule has 1 aliphatic carbocycles. The first-order valence-corrected chi connectivity index (χ1v) is 6.87. The van der Waals surface area contributed by atoms with E-state index in [9.17, 15) is 9.90 Å². The van der Waals surface area contributed by atoms with Crippen LogP contribution in [0, 0.1) is 0 Å². The van der Waals surface area contributed by atoms with Gasteiger partial charge in [-0.05, 0) is 30.3 Å². The lowest BCUT2D eigenvalue weighted by Crippen LogP contribution is -2.22. The van der Waals surface area contributed by atoms with Crippen LogP contribution in [0.3, 0.4) is 0 Å². The topological polar surface area (TPSA) is 68.9 Å². The molecule has 0 radical (unpaired) electrons. The predicted molar refractivity (Wildman–Crippen MR) is 82.1 cm³/mol. The molecule has 0 spiro atoms. The fraction of sp³-hybridized carbons (Fsp3) is 0.235. The highest BCUT2D eigenvalue weighted by molar-refractivity contribution is 5.66. The van der Waals surface area contributed by atoms with Crippen molar-refractivity contribution in [1.29, 1.82) is 0 Å². The van der Waals surface area contributed by atoms with Gasteiger partial charge in [0.25, 0.3) is 0 Å². The third kappa shape index (κ3) is 2.51. The zero-order chi connectivity index (χ0) is 15.7. The molecule has 1 N–H and O–H groups in total. The molecule has 0 saturated carbocycles. The van der Waals surface area contributed by atoms with Crippen molar-refractivity contribution < 1.29 is 19.0 Å². The average molecular weight is 300 g/mol. The minimum Gasteiger partial charge on any atom is -0.507 e. The third-order valence-corrected chi connectivity index (χ3v) is 3.68. The Morgan fingerprint density at radius 2 is 1.95 bits per heavy atom. The van der Waals surface area contributed by atoms with E-state index in [-0.39, 0.29) is 22.9 Å². The first-order chi connectivity index (χ1) is 10.6. The van der Waals surface area contributed by atoms with Crippen LogP contribution >= 0.6 is 0 Å². The number of methoxy groups -OCH3 is 2. The Hall–Kier alpha value is -2.53. The number of hydrogen-bond donors (Lipinski definition) is 1. The number of aliphatic hydroxyl groups excluding tert-OH is 1. The third-order valence-electron chi connectivity index (χ3n) is 3.68. The van der Waals surface area contributed by atoms with Crippen molar-refractivity contribution in [1.82, 2.24) is 0 Å². The molecule has 1 aromatic heterocycles. The van der Waals surface area contributed by atoms with Crippen LogP contribution < -0.4 is 10.2 Å². The first-order valence-electron chi connectivity index (χ1n) is 6.87. The van der Waals surface area contributed by atoms with Gasteiger partial charge in [-0.3, -0.25) is 4.79 Å². The Labute approximate surface area is 127 Å². The number of rotatable bonds is 3. The number of aliphatic hydroxyl groups is 1. The van der Waals surface area contributed by atoms with Crippen molar-refractivity contribution in [3.8, 4) is 17.1 Å². The summed E-state index contributed by atoms with van der Waals surface area (Å²) >= 11 is 0. The van der Waals surface area contributed by atoms with Crippen LogP contribution in [0.25, 0.3) is 17.1 Å². The Bertz CT molecular complexity index is 771. The van der Waals surface area contributed by atoms with Crippen molar-refractivity contribution in [2.24, 2.45) is 0 Å². The second-order valence-electron chi connectivity index (χ2n) is 5.03. The monoisotopic (exact) mass is 300 g/mol. The molecule has 0 fully saturated rings. The highest BCUT2D eigenvalue weighted by Crippen LogP contribution is 2.28. The summed E-state index contributed by atoms with van der Waals surface area (Å²) in [6.07, 6.45) is 1.63. The maximum Gasteiger partial charge on any atom is 0.196 e. The number of hydrogen-bond acceptors (Lipinski definition) is 5. The van der Waals surface area contributed by atoms with Gasteiger partial charge < -0.3 is 19.0 Å². The molecule has 0 aliphatic heterocycles. The van der Waals surface area contributed by atoms with Crippen LogP contribution in [-0.4, -0.2) is 25.4 Å².